The first-order valence-electron chi connectivity index (χ1n) is 6.62. The summed E-state index contributed by atoms with van der Waals surface area (Å²) in [4.78, 5) is 2.40. The average Bonchev–Trinajstić information content (AvgIpc) is 2.80. The number of nitrogens with zero attached hydrogens (tertiary/aromatic N) is 1. The Bertz CT molecular complexity index is 557. The van der Waals surface area contributed by atoms with Gasteiger partial charge in [0, 0.05) is 18.8 Å². The molecule has 1 aromatic carbocycles. The van der Waals surface area contributed by atoms with Gasteiger partial charge in [0.15, 0.2) is 0 Å². The maximum atomic E-state index is 4.37. The van der Waals surface area contributed by atoms with Crippen LogP contribution >= 0.6 is 0 Å². The van der Waals surface area contributed by atoms with Crippen molar-refractivity contribution in [3.63, 3.8) is 0 Å². The molecule has 0 radical (unpaired) electrons. The zero-order chi connectivity index (χ0) is 11.9. The number of hydrogen-bond acceptors (Lipinski definition) is 1. The van der Waals surface area contributed by atoms with Gasteiger partial charge in [-0.15, -0.1) is 0 Å². The van der Waals surface area contributed by atoms with Crippen molar-refractivity contribution in [2.75, 3.05) is 7.05 Å². The molecular weight excluding hydrogens is 206 g/mol. The van der Waals surface area contributed by atoms with Crippen LogP contribution in [-0.2, 0) is 18.3 Å². The lowest BCUT2D eigenvalue weighted by Gasteiger charge is -2.57. The van der Waals surface area contributed by atoms with E-state index in [4.69, 9.17) is 0 Å². The Morgan fingerprint density at radius 2 is 2.12 bits per heavy atom. The highest BCUT2D eigenvalue weighted by molar-refractivity contribution is 5.62. The summed E-state index contributed by atoms with van der Waals surface area (Å²) in [5.74, 6) is 0.730. The molecule has 1 heterocycles. The molecule has 1 fully saturated rings. The molecule has 17 heavy (non-hydrogen) atoms. The van der Waals surface area contributed by atoms with E-state index in [-0.39, 0.29) is 0 Å². The van der Waals surface area contributed by atoms with Gasteiger partial charge in [-0.05, 0) is 47.9 Å². The van der Waals surface area contributed by atoms with Crippen LogP contribution in [-0.4, -0.2) is 18.0 Å². The second kappa shape index (κ2) is 2.60. The van der Waals surface area contributed by atoms with Crippen LogP contribution < -0.4 is 0 Å². The highest BCUT2D eigenvalue weighted by Gasteiger charge is 2.65. The van der Waals surface area contributed by atoms with Gasteiger partial charge in [0.2, 0.25) is 0 Å². The topological polar surface area (TPSA) is 3.24 Å². The molecule has 1 aromatic rings. The number of rotatable bonds is 0. The van der Waals surface area contributed by atoms with Crippen LogP contribution in [0, 0.1) is 12.8 Å². The Balaban J connectivity index is 2.06. The maximum Gasteiger partial charge on any atom is 0.0585 e. The molecule has 1 aliphatic heterocycles. The summed E-state index contributed by atoms with van der Waals surface area (Å²) in [6, 6.07) is 5.35. The minimum Gasteiger partial charge on any atom is -0.373 e. The molecule has 3 atom stereocenters. The van der Waals surface area contributed by atoms with Gasteiger partial charge in [0.1, 0.15) is 0 Å². The van der Waals surface area contributed by atoms with Gasteiger partial charge in [-0.1, -0.05) is 25.6 Å². The van der Waals surface area contributed by atoms with Crippen LogP contribution in [0.2, 0.25) is 0 Å². The molecule has 1 heteroatoms. The molecule has 1 saturated heterocycles. The lowest BCUT2D eigenvalue weighted by Crippen LogP contribution is -2.63. The predicted molar refractivity (Wildman–Crippen MR) is 70.1 cm³/mol. The molecule has 0 aromatic heterocycles. The number of aryl methyl sites for hydroxylation is 1. The third-order valence-electron chi connectivity index (χ3n) is 5.64. The van der Waals surface area contributed by atoms with Gasteiger partial charge in [0.05, 0.1) is 5.41 Å². The Morgan fingerprint density at radius 3 is 2.88 bits per heavy atom. The highest BCUT2D eigenvalue weighted by Crippen LogP contribution is 2.64. The fourth-order valence-electron chi connectivity index (χ4n) is 4.80. The summed E-state index contributed by atoms with van der Waals surface area (Å²) in [6.45, 7) is 9.05. The van der Waals surface area contributed by atoms with Crippen LogP contribution in [0.3, 0.4) is 0 Å². The predicted octanol–water partition coefficient (Wildman–Crippen LogP) is 2.81. The minimum absolute atomic E-state index is 0.311. The Labute approximate surface area is 103 Å². The maximum absolute atomic E-state index is 4.37. The summed E-state index contributed by atoms with van der Waals surface area (Å²) in [5, 5.41) is 0. The second-order valence-corrected chi connectivity index (χ2v) is 6.15. The van der Waals surface area contributed by atoms with Crippen molar-refractivity contribution in [2.24, 2.45) is 5.92 Å². The third kappa shape index (κ3) is 0.773. The van der Waals surface area contributed by atoms with Gasteiger partial charge in [-0.25, -0.2) is 0 Å². The summed E-state index contributed by atoms with van der Waals surface area (Å²) in [6.07, 6.45) is 2.47. The molecule has 1 spiro atoms. The molecule has 0 saturated carbocycles. The number of benzene rings is 1. The van der Waals surface area contributed by atoms with Crippen LogP contribution in [0.25, 0.3) is 0 Å². The second-order valence-electron chi connectivity index (χ2n) is 6.15. The zero-order valence-corrected chi connectivity index (χ0v) is 10.9. The van der Waals surface area contributed by atoms with Crippen LogP contribution in [0.1, 0.15) is 29.2 Å². The van der Waals surface area contributed by atoms with E-state index in [2.05, 4.69) is 44.5 Å². The van der Waals surface area contributed by atoms with Crippen molar-refractivity contribution in [1.29, 1.82) is 0 Å². The van der Waals surface area contributed by atoms with Crippen molar-refractivity contribution in [3.8, 4) is 0 Å². The molecule has 3 aliphatic rings. The molecule has 3 unspecified atom stereocenters. The molecule has 0 amide bonds. The molecule has 4 rings (SSSR count). The van der Waals surface area contributed by atoms with E-state index in [0.29, 0.717) is 11.5 Å². The molecular formula is C16H19N. The van der Waals surface area contributed by atoms with E-state index >= 15 is 0 Å². The van der Waals surface area contributed by atoms with E-state index in [0.717, 1.165) is 5.92 Å². The van der Waals surface area contributed by atoms with Crippen molar-refractivity contribution in [1.82, 2.24) is 4.90 Å². The van der Waals surface area contributed by atoms with E-state index in [1.54, 1.807) is 16.7 Å². The molecule has 0 N–H and O–H groups in total. The van der Waals surface area contributed by atoms with Gasteiger partial charge in [0.25, 0.3) is 0 Å². The van der Waals surface area contributed by atoms with Crippen molar-refractivity contribution < 1.29 is 0 Å². The first-order chi connectivity index (χ1) is 8.08. The van der Waals surface area contributed by atoms with Gasteiger partial charge < -0.3 is 4.90 Å². The number of hydrogen-bond donors (Lipinski definition) is 0. The molecule has 1 nitrogen and oxygen atoms in total. The first-order valence-corrected chi connectivity index (χ1v) is 6.62. The monoisotopic (exact) mass is 225 g/mol. The quantitative estimate of drug-likeness (QED) is 0.656. The first kappa shape index (κ1) is 9.76. The largest absolute Gasteiger partial charge is 0.373 e. The summed E-state index contributed by atoms with van der Waals surface area (Å²) in [5.41, 5.74) is 8.04. The van der Waals surface area contributed by atoms with Crippen molar-refractivity contribution >= 4 is 0 Å². The normalized spacial score (nSPS) is 36.9. The number of likely N-dealkylation sites (N-methyl/N-ethyl adjacent to an activating group) is 1. The Hall–Kier alpha value is -1.24. The SMILES string of the molecule is C=C1N(C)C2Cc3ccc(C)c4c3C12C(C)C4. The average molecular weight is 225 g/mol. The van der Waals surface area contributed by atoms with E-state index < -0.39 is 0 Å². The molecule has 2 aliphatic carbocycles. The summed E-state index contributed by atoms with van der Waals surface area (Å²) in [7, 11) is 2.21. The number of likely N-dealkylation sites (tertiary alicyclic amines) is 1. The Kier molecular flexibility index (Phi) is 1.49. The van der Waals surface area contributed by atoms with Crippen LogP contribution in [0.4, 0.5) is 0 Å². The van der Waals surface area contributed by atoms with Crippen molar-refractivity contribution in [3.05, 3.63) is 46.7 Å². The fourth-order valence-corrected chi connectivity index (χ4v) is 4.80. The van der Waals surface area contributed by atoms with E-state index in [1.807, 2.05) is 0 Å². The van der Waals surface area contributed by atoms with Crippen LogP contribution in [0.5, 0.6) is 0 Å². The minimum atomic E-state index is 0.311. The fraction of sp³-hybridized carbons (Fsp3) is 0.500. The Morgan fingerprint density at radius 1 is 1.35 bits per heavy atom. The highest BCUT2D eigenvalue weighted by atomic mass is 15.3. The molecule has 88 valence electrons. The lowest BCUT2D eigenvalue weighted by molar-refractivity contribution is 0.0592. The van der Waals surface area contributed by atoms with Gasteiger partial charge in [-0.2, -0.15) is 0 Å². The van der Waals surface area contributed by atoms with Crippen LogP contribution in [0.15, 0.2) is 24.4 Å². The zero-order valence-electron chi connectivity index (χ0n) is 10.9. The lowest BCUT2D eigenvalue weighted by atomic mass is 9.64. The van der Waals surface area contributed by atoms with Gasteiger partial charge in [-0.3, -0.25) is 0 Å². The molecule has 0 bridgehead atoms. The summed E-state index contributed by atoms with van der Waals surface area (Å²) < 4.78 is 0. The van der Waals surface area contributed by atoms with E-state index in [9.17, 15) is 0 Å². The third-order valence-corrected chi connectivity index (χ3v) is 5.64. The van der Waals surface area contributed by atoms with Gasteiger partial charge >= 0.3 is 0 Å². The standard InChI is InChI=1S/C16H19N/c1-9-5-6-12-8-14-16(11(3)17(14)4)10(2)7-13(9)15(12)16/h5-6,10,14H,3,7-8H2,1-2,4H3. The smallest absolute Gasteiger partial charge is 0.0585 e. The van der Waals surface area contributed by atoms with Crippen molar-refractivity contribution in [2.45, 2.75) is 38.1 Å². The summed E-state index contributed by atoms with van der Waals surface area (Å²) >= 11 is 0. The van der Waals surface area contributed by atoms with E-state index in [1.165, 1.54) is 24.1 Å².